The number of aromatic amines is 1. The van der Waals surface area contributed by atoms with E-state index in [1.807, 2.05) is 72.8 Å². The molecule has 0 aliphatic carbocycles. The Bertz CT molecular complexity index is 1180. The molecule has 4 rings (SSSR count). The number of fused-ring (bicyclic) bond motifs is 1. The fraction of sp³-hybridized carbons (Fsp3) is 0. The fourth-order valence-corrected chi connectivity index (χ4v) is 3.15. The molecule has 0 aliphatic heterocycles. The maximum Gasteiger partial charge on any atom is 0.275 e. The molecule has 0 amide bonds. The lowest BCUT2D eigenvalue weighted by Crippen LogP contribution is -2.11. The summed E-state index contributed by atoms with van der Waals surface area (Å²) in [4.78, 5) is 24.5. The van der Waals surface area contributed by atoms with Gasteiger partial charge in [-0.05, 0) is 35.9 Å². The maximum absolute atomic E-state index is 12.5. The molecule has 4 nitrogen and oxygen atoms in total. The smallest absolute Gasteiger partial charge is 0.275 e. The Balaban J connectivity index is 1.81. The number of H-pyrrole nitrogens is 1. The van der Waals surface area contributed by atoms with Crippen LogP contribution in [0, 0.1) is 0 Å². The molecule has 0 bridgehead atoms. The van der Waals surface area contributed by atoms with E-state index in [9.17, 15) is 4.79 Å². The first kappa shape index (κ1) is 16.4. The third kappa shape index (κ3) is 3.34. The zero-order valence-electron chi connectivity index (χ0n) is 13.7. The van der Waals surface area contributed by atoms with E-state index in [0.29, 0.717) is 16.9 Å². The van der Waals surface area contributed by atoms with E-state index in [1.165, 1.54) is 0 Å². The molecule has 0 unspecified atom stereocenters. The van der Waals surface area contributed by atoms with Gasteiger partial charge in [0, 0.05) is 16.3 Å². The minimum atomic E-state index is -0.228. The summed E-state index contributed by atoms with van der Waals surface area (Å²) >= 11 is 3.45. The van der Waals surface area contributed by atoms with Crippen LogP contribution in [-0.4, -0.2) is 16.2 Å². The van der Waals surface area contributed by atoms with Crippen LogP contribution in [0.3, 0.4) is 0 Å². The number of benzene rings is 3. The molecule has 0 saturated carbocycles. The molecular formula is C21H14BrN3O. The quantitative estimate of drug-likeness (QED) is 0.483. The Morgan fingerprint density at radius 1 is 0.962 bits per heavy atom. The highest BCUT2D eigenvalue weighted by Gasteiger charge is 2.11. The first-order chi connectivity index (χ1) is 12.7. The number of aliphatic imine (C=N–C) groups is 1. The van der Waals surface area contributed by atoms with Crippen LogP contribution in [0.1, 0.15) is 5.56 Å². The Labute approximate surface area is 158 Å². The highest BCUT2D eigenvalue weighted by molar-refractivity contribution is 9.10. The second kappa shape index (κ2) is 7.06. The molecule has 4 aromatic rings. The van der Waals surface area contributed by atoms with Crippen molar-refractivity contribution in [1.82, 2.24) is 9.97 Å². The molecule has 5 heteroatoms. The molecule has 1 N–H and O–H groups in total. The molecule has 0 fully saturated rings. The molecule has 0 radical (unpaired) electrons. The van der Waals surface area contributed by atoms with Gasteiger partial charge in [0.25, 0.3) is 5.56 Å². The summed E-state index contributed by atoms with van der Waals surface area (Å²) in [6.45, 7) is 0. The SMILES string of the molecule is O=c1[nH]c2ccccc2nc1-c1ccccc1N=Cc1cccc(Br)c1. The highest BCUT2D eigenvalue weighted by atomic mass is 79.9. The van der Waals surface area contributed by atoms with E-state index in [0.717, 1.165) is 21.1 Å². The number of para-hydroxylation sites is 3. The predicted octanol–water partition coefficient (Wildman–Crippen LogP) is 5.10. The van der Waals surface area contributed by atoms with Gasteiger partial charge in [-0.3, -0.25) is 9.79 Å². The normalized spacial score (nSPS) is 11.3. The summed E-state index contributed by atoms with van der Waals surface area (Å²) < 4.78 is 0.988. The number of aromatic nitrogens is 2. The zero-order chi connectivity index (χ0) is 17.9. The largest absolute Gasteiger partial charge is 0.319 e. The topological polar surface area (TPSA) is 58.1 Å². The average molecular weight is 404 g/mol. The van der Waals surface area contributed by atoms with Gasteiger partial charge in [-0.1, -0.05) is 58.4 Å². The second-order valence-electron chi connectivity index (χ2n) is 5.76. The van der Waals surface area contributed by atoms with Crippen LogP contribution in [0.15, 0.2) is 87.1 Å². The van der Waals surface area contributed by atoms with E-state index >= 15 is 0 Å². The minimum Gasteiger partial charge on any atom is -0.319 e. The zero-order valence-corrected chi connectivity index (χ0v) is 15.3. The number of nitrogens with one attached hydrogen (secondary N) is 1. The molecular weight excluding hydrogens is 390 g/mol. The first-order valence-corrected chi connectivity index (χ1v) is 8.88. The Morgan fingerprint density at radius 3 is 2.65 bits per heavy atom. The number of hydrogen-bond acceptors (Lipinski definition) is 3. The van der Waals surface area contributed by atoms with E-state index in [-0.39, 0.29) is 5.56 Å². The minimum absolute atomic E-state index is 0.228. The lowest BCUT2D eigenvalue weighted by molar-refractivity contribution is 1.22. The first-order valence-electron chi connectivity index (χ1n) is 8.09. The lowest BCUT2D eigenvalue weighted by Gasteiger charge is -2.06. The van der Waals surface area contributed by atoms with Gasteiger partial charge in [0.15, 0.2) is 0 Å². The number of nitrogens with zero attached hydrogens (tertiary/aromatic N) is 2. The summed E-state index contributed by atoms with van der Waals surface area (Å²) in [6, 6.07) is 22.9. The van der Waals surface area contributed by atoms with Crippen molar-refractivity contribution >= 4 is 38.9 Å². The monoisotopic (exact) mass is 403 g/mol. The van der Waals surface area contributed by atoms with Gasteiger partial charge in [-0.15, -0.1) is 0 Å². The van der Waals surface area contributed by atoms with Crippen molar-refractivity contribution in [3.63, 3.8) is 0 Å². The Kier molecular flexibility index (Phi) is 4.46. The third-order valence-corrected chi connectivity index (χ3v) is 4.45. The van der Waals surface area contributed by atoms with Gasteiger partial charge in [0.05, 0.1) is 16.7 Å². The summed E-state index contributed by atoms with van der Waals surface area (Å²) in [7, 11) is 0. The van der Waals surface area contributed by atoms with Crippen LogP contribution in [0.4, 0.5) is 5.69 Å². The third-order valence-electron chi connectivity index (χ3n) is 3.96. The molecule has 0 spiro atoms. The molecule has 126 valence electrons. The Morgan fingerprint density at radius 2 is 1.77 bits per heavy atom. The van der Waals surface area contributed by atoms with E-state index in [1.54, 1.807) is 6.21 Å². The Hall–Kier alpha value is -3.05. The molecule has 0 atom stereocenters. The van der Waals surface area contributed by atoms with E-state index in [4.69, 9.17) is 0 Å². The summed E-state index contributed by atoms with van der Waals surface area (Å²) in [5.74, 6) is 0. The highest BCUT2D eigenvalue weighted by Crippen LogP contribution is 2.27. The van der Waals surface area contributed by atoms with Gasteiger partial charge in [0.1, 0.15) is 5.69 Å². The van der Waals surface area contributed by atoms with Crippen molar-refractivity contribution < 1.29 is 0 Å². The molecule has 1 heterocycles. The summed E-state index contributed by atoms with van der Waals surface area (Å²) in [5, 5.41) is 0. The number of hydrogen-bond donors (Lipinski definition) is 1. The summed E-state index contributed by atoms with van der Waals surface area (Å²) in [6.07, 6.45) is 1.78. The van der Waals surface area contributed by atoms with Gasteiger partial charge in [0.2, 0.25) is 0 Å². The molecule has 0 aliphatic rings. The fourth-order valence-electron chi connectivity index (χ4n) is 2.73. The lowest BCUT2D eigenvalue weighted by atomic mass is 10.1. The second-order valence-corrected chi connectivity index (χ2v) is 6.68. The van der Waals surface area contributed by atoms with E-state index < -0.39 is 0 Å². The van der Waals surface area contributed by atoms with Crippen molar-refractivity contribution in [3.05, 3.63) is 93.2 Å². The standard InChI is InChI=1S/C21H14BrN3O/c22-15-7-5-6-14(12-15)13-23-17-9-2-1-8-16(17)20-21(26)25-19-11-4-3-10-18(19)24-20/h1-13H,(H,25,26). The average Bonchev–Trinajstić information content (AvgIpc) is 2.66. The molecule has 1 aromatic heterocycles. The van der Waals surface area contributed by atoms with Gasteiger partial charge in [-0.2, -0.15) is 0 Å². The maximum atomic E-state index is 12.5. The molecule has 26 heavy (non-hydrogen) atoms. The van der Waals surface area contributed by atoms with Crippen molar-refractivity contribution in [2.24, 2.45) is 4.99 Å². The molecule has 0 saturated heterocycles. The van der Waals surface area contributed by atoms with Crippen LogP contribution < -0.4 is 5.56 Å². The van der Waals surface area contributed by atoms with Crippen molar-refractivity contribution in [2.75, 3.05) is 0 Å². The van der Waals surface area contributed by atoms with Crippen LogP contribution in [-0.2, 0) is 0 Å². The van der Waals surface area contributed by atoms with Crippen LogP contribution >= 0.6 is 15.9 Å². The van der Waals surface area contributed by atoms with Crippen molar-refractivity contribution in [1.29, 1.82) is 0 Å². The van der Waals surface area contributed by atoms with Crippen LogP contribution in [0.25, 0.3) is 22.3 Å². The van der Waals surface area contributed by atoms with Crippen LogP contribution in [0.2, 0.25) is 0 Å². The van der Waals surface area contributed by atoms with Gasteiger partial charge in [-0.25, -0.2) is 4.98 Å². The number of rotatable bonds is 3. The van der Waals surface area contributed by atoms with Gasteiger partial charge < -0.3 is 4.98 Å². The van der Waals surface area contributed by atoms with Crippen LogP contribution in [0.5, 0.6) is 0 Å². The molecule has 3 aromatic carbocycles. The summed E-state index contributed by atoms with van der Waals surface area (Å²) in [5.41, 5.74) is 3.96. The number of halogens is 1. The van der Waals surface area contributed by atoms with Crippen molar-refractivity contribution in [3.8, 4) is 11.3 Å². The predicted molar refractivity (Wildman–Crippen MR) is 109 cm³/mol. The van der Waals surface area contributed by atoms with Crippen molar-refractivity contribution in [2.45, 2.75) is 0 Å². The van der Waals surface area contributed by atoms with Gasteiger partial charge >= 0.3 is 0 Å². The van der Waals surface area contributed by atoms with E-state index in [2.05, 4.69) is 30.9 Å².